The molecule has 0 aromatic heterocycles. The zero-order valence-corrected chi connectivity index (χ0v) is 16.9. The summed E-state index contributed by atoms with van der Waals surface area (Å²) in [4.78, 5) is 37.0. The summed E-state index contributed by atoms with van der Waals surface area (Å²) in [6, 6.07) is 7.11. The molecule has 7 heteroatoms. The molecule has 7 nitrogen and oxygen atoms in total. The lowest BCUT2D eigenvalue weighted by molar-refractivity contribution is -0.172. The van der Waals surface area contributed by atoms with Crippen LogP contribution < -0.4 is 4.74 Å². The standard InChI is InChI=1S/C21H28O7/c1-5-27-19(23)21(20(24)28-6-2,13-8-7-12-18(22)26-4)15-16-10-9-11-17(14-16)25-3/h7-11,14H,5-6,12-13,15H2,1-4H3/b8-7+. The van der Waals surface area contributed by atoms with Gasteiger partial charge in [0.05, 0.1) is 33.9 Å². The van der Waals surface area contributed by atoms with Gasteiger partial charge in [0.25, 0.3) is 0 Å². The Kier molecular flexibility index (Phi) is 9.78. The third-order valence-electron chi connectivity index (χ3n) is 4.12. The molecule has 0 unspecified atom stereocenters. The van der Waals surface area contributed by atoms with Gasteiger partial charge in [-0.1, -0.05) is 24.3 Å². The van der Waals surface area contributed by atoms with E-state index >= 15 is 0 Å². The van der Waals surface area contributed by atoms with E-state index in [1.807, 2.05) is 0 Å². The van der Waals surface area contributed by atoms with Crippen LogP contribution in [0.25, 0.3) is 0 Å². The predicted octanol–water partition coefficient (Wildman–Crippen LogP) is 2.86. The highest BCUT2D eigenvalue weighted by atomic mass is 16.6. The van der Waals surface area contributed by atoms with Crippen molar-refractivity contribution in [2.24, 2.45) is 5.41 Å². The number of carbonyl (C=O) groups is 3. The number of hydrogen-bond donors (Lipinski definition) is 0. The molecule has 1 aromatic carbocycles. The van der Waals surface area contributed by atoms with E-state index in [4.69, 9.17) is 14.2 Å². The second kappa shape index (κ2) is 11.8. The highest BCUT2D eigenvalue weighted by Gasteiger charge is 2.48. The molecule has 1 aromatic rings. The van der Waals surface area contributed by atoms with Gasteiger partial charge in [-0.15, -0.1) is 0 Å². The van der Waals surface area contributed by atoms with Gasteiger partial charge < -0.3 is 18.9 Å². The van der Waals surface area contributed by atoms with Crippen molar-refractivity contribution < 1.29 is 33.3 Å². The average molecular weight is 392 g/mol. The third kappa shape index (κ3) is 6.40. The number of methoxy groups -OCH3 is 2. The first-order valence-electron chi connectivity index (χ1n) is 9.12. The van der Waals surface area contributed by atoms with Crippen LogP contribution >= 0.6 is 0 Å². The molecule has 0 saturated heterocycles. The summed E-state index contributed by atoms with van der Waals surface area (Å²) in [7, 11) is 2.83. The third-order valence-corrected chi connectivity index (χ3v) is 4.12. The van der Waals surface area contributed by atoms with Crippen LogP contribution in [0.15, 0.2) is 36.4 Å². The minimum Gasteiger partial charge on any atom is -0.497 e. The number of carbonyl (C=O) groups excluding carboxylic acids is 3. The second-order valence-electron chi connectivity index (χ2n) is 6.01. The summed E-state index contributed by atoms with van der Waals surface area (Å²) in [6.45, 7) is 3.60. The van der Waals surface area contributed by atoms with Crippen LogP contribution in [0.4, 0.5) is 0 Å². The maximum atomic E-state index is 12.8. The molecule has 0 amide bonds. The lowest BCUT2D eigenvalue weighted by Crippen LogP contribution is -2.43. The molecule has 0 N–H and O–H groups in total. The number of ether oxygens (including phenoxy) is 4. The van der Waals surface area contributed by atoms with Gasteiger partial charge in [0, 0.05) is 0 Å². The van der Waals surface area contributed by atoms with E-state index in [0.717, 1.165) is 5.56 Å². The van der Waals surface area contributed by atoms with E-state index in [2.05, 4.69) is 4.74 Å². The van der Waals surface area contributed by atoms with Gasteiger partial charge in [0.2, 0.25) is 0 Å². The Bertz CT molecular complexity index is 676. The molecule has 0 aliphatic rings. The topological polar surface area (TPSA) is 88.1 Å². The molecule has 0 atom stereocenters. The molecule has 0 fully saturated rings. The van der Waals surface area contributed by atoms with Crippen molar-refractivity contribution in [1.82, 2.24) is 0 Å². The fourth-order valence-electron chi connectivity index (χ4n) is 2.68. The van der Waals surface area contributed by atoms with Crippen LogP contribution in [0.5, 0.6) is 5.75 Å². The molecular formula is C21H28O7. The van der Waals surface area contributed by atoms with Crippen molar-refractivity contribution in [3.05, 3.63) is 42.0 Å². The zero-order valence-electron chi connectivity index (χ0n) is 16.9. The highest BCUT2D eigenvalue weighted by molar-refractivity contribution is 6.00. The number of benzene rings is 1. The lowest BCUT2D eigenvalue weighted by atomic mass is 9.78. The Morgan fingerprint density at radius 3 is 2.18 bits per heavy atom. The molecule has 0 spiro atoms. The predicted molar refractivity (Wildman–Crippen MR) is 103 cm³/mol. The van der Waals surface area contributed by atoms with Crippen LogP contribution in [0, 0.1) is 5.41 Å². The van der Waals surface area contributed by atoms with Crippen molar-refractivity contribution in [1.29, 1.82) is 0 Å². The highest BCUT2D eigenvalue weighted by Crippen LogP contribution is 2.33. The SMILES string of the molecule is CCOC(=O)C(C/C=C/CC(=O)OC)(Cc1cccc(OC)c1)C(=O)OCC. The van der Waals surface area contributed by atoms with Gasteiger partial charge >= 0.3 is 17.9 Å². The molecule has 0 radical (unpaired) electrons. The van der Waals surface area contributed by atoms with Crippen molar-refractivity contribution in [2.45, 2.75) is 33.1 Å². The largest absolute Gasteiger partial charge is 0.497 e. The van der Waals surface area contributed by atoms with E-state index in [-0.39, 0.29) is 32.5 Å². The van der Waals surface area contributed by atoms with Gasteiger partial charge in [-0.3, -0.25) is 14.4 Å². The number of hydrogen-bond acceptors (Lipinski definition) is 7. The Labute approximate surface area is 165 Å². The molecule has 154 valence electrons. The monoisotopic (exact) mass is 392 g/mol. The molecule has 28 heavy (non-hydrogen) atoms. The summed E-state index contributed by atoms with van der Waals surface area (Å²) >= 11 is 0. The molecular weight excluding hydrogens is 364 g/mol. The maximum absolute atomic E-state index is 12.8. The first-order chi connectivity index (χ1) is 13.4. The van der Waals surface area contributed by atoms with Crippen LogP contribution in [0.1, 0.15) is 32.3 Å². The van der Waals surface area contributed by atoms with Gasteiger partial charge in [0.15, 0.2) is 5.41 Å². The maximum Gasteiger partial charge on any atom is 0.324 e. The average Bonchev–Trinajstić information content (AvgIpc) is 2.70. The first kappa shape index (κ1) is 23.2. The number of esters is 3. The van der Waals surface area contributed by atoms with Crippen LogP contribution in [-0.2, 0) is 35.0 Å². The Balaban J connectivity index is 3.26. The van der Waals surface area contributed by atoms with Gasteiger partial charge in [-0.25, -0.2) is 0 Å². The van der Waals surface area contributed by atoms with Crippen molar-refractivity contribution in [3.63, 3.8) is 0 Å². The van der Waals surface area contributed by atoms with Gasteiger partial charge in [-0.05, 0) is 44.4 Å². The minimum atomic E-state index is -1.56. The number of allylic oxidation sites excluding steroid dienone is 1. The second-order valence-corrected chi connectivity index (χ2v) is 6.01. The van der Waals surface area contributed by atoms with Crippen molar-refractivity contribution in [3.8, 4) is 5.75 Å². The van der Waals surface area contributed by atoms with Crippen molar-refractivity contribution >= 4 is 17.9 Å². The summed E-state index contributed by atoms with van der Waals surface area (Å²) in [6.07, 6.45) is 3.30. The fraction of sp³-hybridized carbons (Fsp3) is 0.476. The van der Waals surface area contributed by atoms with Gasteiger partial charge in [-0.2, -0.15) is 0 Å². The normalized spacial score (nSPS) is 11.1. The van der Waals surface area contributed by atoms with Crippen molar-refractivity contribution in [2.75, 3.05) is 27.4 Å². The lowest BCUT2D eigenvalue weighted by Gasteiger charge is -2.28. The molecule has 0 heterocycles. The van der Waals surface area contributed by atoms with E-state index in [9.17, 15) is 14.4 Å². The van der Waals surface area contributed by atoms with Gasteiger partial charge in [0.1, 0.15) is 5.75 Å². The quantitative estimate of drug-likeness (QED) is 0.248. The summed E-state index contributed by atoms with van der Waals surface area (Å²) in [5, 5.41) is 0. The minimum absolute atomic E-state index is 0.0267. The van der Waals surface area contributed by atoms with Crippen LogP contribution in [-0.4, -0.2) is 45.3 Å². The van der Waals surface area contributed by atoms with E-state index in [1.165, 1.54) is 7.11 Å². The van der Waals surface area contributed by atoms with E-state index < -0.39 is 23.3 Å². The van der Waals surface area contributed by atoms with Crippen LogP contribution in [0.2, 0.25) is 0 Å². The first-order valence-corrected chi connectivity index (χ1v) is 9.12. The fourth-order valence-corrected chi connectivity index (χ4v) is 2.68. The Morgan fingerprint density at radius 1 is 1.00 bits per heavy atom. The Hall–Kier alpha value is -2.83. The van der Waals surface area contributed by atoms with Crippen LogP contribution in [0.3, 0.4) is 0 Å². The molecule has 0 aliphatic carbocycles. The zero-order chi connectivity index (χ0) is 21.0. The molecule has 0 bridgehead atoms. The summed E-state index contributed by atoms with van der Waals surface area (Å²) in [5.41, 5.74) is -0.841. The molecule has 1 rings (SSSR count). The molecule has 0 aliphatic heterocycles. The Morgan fingerprint density at radius 2 is 1.64 bits per heavy atom. The smallest absolute Gasteiger partial charge is 0.324 e. The summed E-state index contributed by atoms with van der Waals surface area (Å²) < 4.78 is 20.2. The molecule has 0 saturated carbocycles. The van der Waals surface area contributed by atoms with E-state index in [0.29, 0.717) is 5.75 Å². The summed E-state index contributed by atoms with van der Waals surface area (Å²) in [5.74, 6) is -1.14. The number of rotatable bonds is 11. The van der Waals surface area contributed by atoms with E-state index in [1.54, 1.807) is 57.4 Å².